The van der Waals surface area contributed by atoms with Crippen LogP contribution in [0.4, 0.5) is 4.39 Å². The molecule has 0 aromatic heterocycles. The van der Waals surface area contributed by atoms with Gasteiger partial charge in [-0.05, 0) is 24.5 Å². The number of carboxylic acid groups (broad SMARTS) is 1. The molecule has 0 aliphatic heterocycles. The molecule has 1 fully saturated rings. The molecule has 0 radical (unpaired) electrons. The highest BCUT2D eigenvalue weighted by atomic mass is 19.1. The molecule has 2 nitrogen and oxygen atoms in total. The molecule has 92 valence electrons. The third kappa shape index (κ3) is 2.19. The molecule has 0 bridgehead atoms. The number of rotatable bonds is 3. The van der Waals surface area contributed by atoms with E-state index in [9.17, 15) is 14.3 Å². The minimum absolute atomic E-state index is 0.257. The Morgan fingerprint density at radius 2 is 1.88 bits per heavy atom. The Morgan fingerprint density at radius 1 is 1.24 bits per heavy atom. The molecule has 1 aliphatic rings. The number of hydrogen-bond acceptors (Lipinski definition) is 1. The largest absolute Gasteiger partial charge is 0.478 e. The SMILES string of the molecule is O=C(O)c1ccccc1C1(CF)CCCCC1. The summed E-state index contributed by atoms with van der Waals surface area (Å²) >= 11 is 0. The van der Waals surface area contributed by atoms with Crippen LogP contribution in [0.2, 0.25) is 0 Å². The molecular formula is C14H17FO2. The zero-order valence-corrected chi connectivity index (χ0v) is 9.79. The number of alkyl halides is 1. The van der Waals surface area contributed by atoms with E-state index in [1.54, 1.807) is 24.3 Å². The Labute approximate surface area is 100 Å². The first-order chi connectivity index (χ1) is 8.19. The second-order valence-electron chi connectivity index (χ2n) is 4.83. The first-order valence-electron chi connectivity index (χ1n) is 6.08. The predicted molar refractivity (Wildman–Crippen MR) is 64.1 cm³/mol. The van der Waals surface area contributed by atoms with E-state index in [-0.39, 0.29) is 5.56 Å². The zero-order chi connectivity index (χ0) is 12.3. The van der Waals surface area contributed by atoms with E-state index < -0.39 is 18.1 Å². The highest BCUT2D eigenvalue weighted by Crippen LogP contribution is 2.41. The van der Waals surface area contributed by atoms with Crippen molar-refractivity contribution in [3.05, 3.63) is 35.4 Å². The van der Waals surface area contributed by atoms with E-state index in [0.29, 0.717) is 5.56 Å². The number of halogens is 1. The zero-order valence-electron chi connectivity index (χ0n) is 9.79. The van der Waals surface area contributed by atoms with Crippen LogP contribution in [0.1, 0.15) is 48.0 Å². The van der Waals surface area contributed by atoms with E-state index >= 15 is 0 Å². The van der Waals surface area contributed by atoms with Crippen molar-refractivity contribution in [1.29, 1.82) is 0 Å². The van der Waals surface area contributed by atoms with E-state index in [1.165, 1.54) is 0 Å². The van der Waals surface area contributed by atoms with Gasteiger partial charge in [0.2, 0.25) is 0 Å². The van der Waals surface area contributed by atoms with Gasteiger partial charge >= 0.3 is 5.97 Å². The molecule has 1 aromatic carbocycles. The minimum atomic E-state index is -0.959. The molecule has 2 rings (SSSR count). The Kier molecular flexibility index (Phi) is 3.46. The average molecular weight is 236 g/mol. The number of carboxylic acids is 1. The summed E-state index contributed by atoms with van der Waals surface area (Å²) in [5.74, 6) is -0.959. The molecule has 17 heavy (non-hydrogen) atoms. The summed E-state index contributed by atoms with van der Waals surface area (Å²) in [4.78, 5) is 11.2. The number of aromatic carboxylic acids is 1. The summed E-state index contributed by atoms with van der Waals surface area (Å²) in [6.45, 7) is -0.461. The molecular weight excluding hydrogens is 219 g/mol. The van der Waals surface area contributed by atoms with Crippen LogP contribution in [0.3, 0.4) is 0 Å². The van der Waals surface area contributed by atoms with Gasteiger partial charge in [0.05, 0.1) is 12.2 Å². The Hall–Kier alpha value is -1.38. The predicted octanol–water partition coefficient (Wildman–Crippen LogP) is 3.56. The van der Waals surface area contributed by atoms with Crippen molar-refractivity contribution in [2.45, 2.75) is 37.5 Å². The minimum Gasteiger partial charge on any atom is -0.478 e. The normalized spacial score (nSPS) is 18.9. The van der Waals surface area contributed by atoms with Crippen molar-refractivity contribution in [1.82, 2.24) is 0 Å². The molecule has 3 heteroatoms. The van der Waals surface area contributed by atoms with Crippen LogP contribution in [0.5, 0.6) is 0 Å². The monoisotopic (exact) mass is 236 g/mol. The van der Waals surface area contributed by atoms with E-state index in [2.05, 4.69) is 0 Å². The molecule has 1 aliphatic carbocycles. The maximum absolute atomic E-state index is 13.5. The van der Waals surface area contributed by atoms with Crippen molar-refractivity contribution in [3.8, 4) is 0 Å². The number of carbonyl (C=O) groups is 1. The Balaban J connectivity index is 2.46. The van der Waals surface area contributed by atoms with E-state index in [1.807, 2.05) is 0 Å². The molecule has 0 saturated heterocycles. The summed E-state index contributed by atoms with van der Waals surface area (Å²) in [6.07, 6.45) is 4.61. The van der Waals surface area contributed by atoms with Crippen molar-refractivity contribution >= 4 is 5.97 Å². The fourth-order valence-electron chi connectivity index (χ4n) is 2.84. The van der Waals surface area contributed by atoms with Crippen LogP contribution in [-0.2, 0) is 5.41 Å². The first-order valence-corrected chi connectivity index (χ1v) is 6.08. The lowest BCUT2D eigenvalue weighted by Gasteiger charge is -2.36. The van der Waals surface area contributed by atoms with Gasteiger partial charge in [0.1, 0.15) is 0 Å². The van der Waals surface area contributed by atoms with Gasteiger partial charge in [0.25, 0.3) is 0 Å². The van der Waals surface area contributed by atoms with Crippen LogP contribution < -0.4 is 0 Å². The smallest absolute Gasteiger partial charge is 0.335 e. The number of hydrogen-bond donors (Lipinski definition) is 1. The van der Waals surface area contributed by atoms with Gasteiger partial charge in [-0.15, -0.1) is 0 Å². The third-order valence-corrected chi connectivity index (χ3v) is 3.80. The van der Waals surface area contributed by atoms with Crippen molar-refractivity contribution < 1.29 is 14.3 Å². The molecule has 1 N–H and O–H groups in total. The quantitative estimate of drug-likeness (QED) is 0.871. The van der Waals surface area contributed by atoms with Crippen molar-refractivity contribution in [3.63, 3.8) is 0 Å². The Bertz CT molecular complexity index is 408. The van der Waals surface area contributed by atoms with Crippen molar-refractivity contribution in [2.75, 3.05) is 6.67 Å². The van der Waals surface area contributed by atoms with Crippen LogP contribution in [0.25, 0.3) is 0 Å². The van der Waals surface area contributed by atoms with Crippen molar-refractivity contribution in [2.24, 2.45) is 0 Å². The number of benzene rings is 1. The fraction of sp³-hybridized carbons (Fsp3) is 0.500. The topological polar surface area (TPSA) is 37.3 Å². The summed E-state index contributed by atoms with van der Waals surface area (Å²) in [5.41, 5.74) is 0.370. The lowest BCUT2D eigenvalue weighted by molar-refractivity contribution is 0.0691. The van der Waals surface area contributed by atoms with Gasteiger partial charge in [0.15, 0.2) is 0 Å². The maximum atomic E-state index is 13.5. The fourth-order valence-corrected chi connectivity index (χ4v) is 2.84. The van der Waals surface area contributed by atoms with Gasteiger partial charge in [-0.1, -0.05) is 37.5 Å². The van der Waals surface area contributed by atoms with Gasteiger partial charge in [0, 0.05) is 5.41 Å². The second-order valence-corrected chi connectivity index (χ2v) is 4.83. The molecule has 0 unspecified atom stereocenters. The first kappa shape index (κ1) is 12.1. The van der Waals surface area contributed by atoms with Crippen LogP contribution in [-0.4, -0.2) is 17.8 Å². The van der Waals surface area contributed by atoms with Gasteiger partial charge < -0.3 is 5.11 Å². The van der Waals surface area contributed by atoms with Crippen LogP contribution >= 0.6 is 0 Å². The molecule has 1 aromatic rings. The third-order valence-electron chi connectivity index (χ3n) is 3.80. The second kappa shape index (κ2) is 4.86. The summed E-state index contributed by atoms with van der Waals surface area (Å²) in [5, 5.41) is 9.18. The molecule has 0 atom stereocenters. The van der Waals surface area contributed by atoms with Gasteiger partial charge in [-0.3, -0.25) is 4.39 Å². The van der Waals surface area contributed by atoms with Crippen LogP contribution in [0.15, 0.2) is 24.3 Å². The Morgan fingerprint density at radius 3 is 2.47 bits per heavy atom. The standard InChI is InChI=1S/C14H17FO2/c15-10-14(8-4-1-5-9-14)12-7-3-2-6-11(12)13(16)17/h2-3,6-7H,1,4-5,8-10H2,(H,16,17). The molecule has 0 heterocycles. The van der Waals surface area contributed by atoms with Gasteiger partial charge in [-0.2, -0.15) is 0 Å². The van der Waals surface area contributed by atoms with E-state index in [0.717, 1.165) is 32.1 Å². The highest BCUT2D eigenvalue weighted by molar-refractivity contribution is 5.89. The average Bonchev–Trinajstić information content (AvgIpc) is 2.39. The summed E-state index contributed by atoms with van der Waals surface area (Å²) < 4.78 is 13.5. The van der Waals surface area contributed by atoms with Gasteiger partial charge in [-0.25, -0.2) is 4.79 Å². The lowest BCUT2D eigenvalue weighted by Crippen LogP contribution is -2.33. The lowest BCUT2D eigenvalue weighted by atomic mass is 9.69. The summed E-state index contributed by atoms with van der Waals surface area (Å²) in [7, 11) is 0. The summed E-state index contributed by atoms with van der Waals surface area (Å²) in [6, 6.07) is 6.84. The molecule has 0 amide bonds. The highest BCUT2D eigenvalue weighted by Gasteiger charge is 2.36. The van der Waals surface area contributed by atoms with Crippen LogP contribution in [0, 0.1) is 0 Å². The van der Waals surface area contributed by atoms with E-state index in [4.69, 9.17) is 0 Å². The molecule has 0 spiro atoms. The maximum Gasteiger partial charge on any atom is 0.335 e. The molecule has 1 saturated carbocycles.